The molecule has 0 fully saturated rings. The largest absolute Gasteiger partial charge is 0.459 e. The van der Waals surface area contributed by atoms with E-state index in [1.165, 1.54) is 0 Å². The van der Waals surface area contributed by atoms with Crippen molar-refractivity contribution in [2.75, 3.05) is 20.8 Å². The van der Waals surface area contributed by atoms with Crippen LogP contribution in [-0.2, 0) is 16.1 Å². The fraction of sp³-hybridized carbons (Fsp3) is 0.364. The highest BCUT2D eigenvalue weighted by Crippen LogP contribution is 2.12. The highest BCUT2D eigenvalue weighted by atomic mass is 16.5. The van der Waals surface area contributed by atoms with Gasteiger partial charge in [-0.1, -0.05) is 0 Å². The molecule has 1 aromatic rings. The number of rotatable bonds is 5. The Morgan fingerprint density at radius 3 is 2.87 bits per heavy atom. The van der Waals surface area contributed by atoms with Crippen LogP contribution >= 0.6 is 0 Å². The summed E-state index contributed by atoms with van der Waals surface area (Å²) < 4.78 is 15.2. The lowest BCUT2D eigenvalue weighted by Crippen LogP contribution is -1.90. The van der Waals surface area contributed by atoms with Gasteiger partial charge in [-0.05, 0) is 18.2 Å². The minimum Gasteiger partial charge on any atom is -0.459 e. The van der Waals surface area contributed by atoms with E-state index in [9.17, 15) is 0 Å². The summed E-state index contributed by atoms with van der Waals surface area (Å²) in [6, 6.07) is 5.65. The first-order valence-corrected chi connectivity index (χ1v) is 4.47. The van der Waals surface area contributed by atoms with E-state index in [0.29, 0.717) is 17.9 Å². The van der Waals surface area contributed by atoms with Crippen molar-refractivity contribution in [1.29, 1.82) is 5.26 Å². The molecule has 0 aliphatic rings. The molecule has 0 saturated carbocycles. The molecule has 1 aromatic heterocycles. The second-order valence-electron chi connectivity index (χ2n) is 2.95. The van der Waals surface area contributed by atoms with Crippen molar-refractivity contribution in [2.24, 2.45) is 0 Å². The maximum Gasteiger partial charge on any atom is 0.130 e. The smallest absolute Gasteiger partial charge is 0.130 e. The van der Waals surface area contributed by atoms with Crippen molar-refractivity contribution in [3.05, 3.63) is 29.2 Å². The Kier molecular flexibility index (Phi) is 4.61. The maximum absolute atomic E-state index is 8.76. The summed E-state index contributed by atoms with van der Waals surface area (Å²) in [6.07, 6.45) is 1.66. The Balaban J connectivity index is 2.74. The minimum absolute atomic E-state index is 0.289. The van der Waals surface area contributed by atoms with E-state index in [4.69, 9.17) is 19.2 Å². The summed E-state index contributed by atoms with van der Waals surface area (Å²) in [4.78, 5) is 0. The number of nitrogens with zero attached hydrogens (tertiary/aromatic N) is 1. The van der Waals surface area contributed by atoms with E-state index in [0.717, 1.165) is 5.76 Å². The third kappa shape index (κ3) is 3.58. The van der Waals surface area contributed by atoms with Crippen LogP contribution in [0.3, 0.4) is 0 Å². The van der Waals surface area contributed by atoms with Crippen LogP contribution in [-0.4, -0.2) is 20.8 Å². The summed E-state index contributed by atoms with van der Waals surface area (Å²) in [7, 11) is 3.15. The molecule has 0 aliphatic heterocycles. The lowest BCUT2D eigenvalue weighted by Gasteiger charge is -1.95. The number of nitriles is 1. The molecule has 4 nitrogen and oxygen atoms in total. The van der Waals surface area contributed by atoms with Gasteiger partial charge in [0.05, 0.1) is 18.2 Å². The highest BCUT2D eigenvalue weighted by molar-refractivity contribution is 5.53. The summed E-state index contributed by atoms with van der Waals surface area (Å²) in [5.41, 5.74) is 0.524. The van der Waals surface area contributed by atoms with Crippen LogP contribution in [0.2, 0.25) is 0 Å². The van der Waals surface area contributed by atoms with Crippen LogP contribution < -0.4 is 0 Å². The first-order valence-electron chi connectivity index (χ1n) is 4.47. The number of hydrogen-bond donors (Lipinski definition) is 0. The summed E-state index contributed by atoms with van der Waals surface area (Å²) >= 11 is 0. The van der Waals surface area contributed by atoms with E-state index in [-0.39, 0.29) is 6.61 Å². The van der Waals surface area contributed by atoms with Gasteiger partial charge in [0, 0.05) is 14.2 Å². The highest BCUT2D eigenvalue weighted by Gasteiger charge is 2.01. The van der Waals surface area contributed by atoms with E-state index in [1.807, 2.05) is 12.1 Å². The molecule has 0 bridgehead atoms. The summed E-state index contributed by atoms with van der Waals surface area (Å²) in [5.74, 6) is 1.37. The molecule has 0 radical (unpaired) electrons. The van der Waals surface area contributed by atoms with Gasteiger partial charge < -0.3 is 13.9 Å². The molecule has 0 aromatic carbocycles. The average molecular weight is 207 g/mol. The number of furan rings is 1. The molecule has 80 valence electrons. The Hall–Kier alpha value is -1.57. The third-order valence-electron chi connectivity index (χ3n) is 1.73. The van der Waals surface area contributed by atoms with Crippen LogP contribution in [0.25, 0.3) is 6.08 Å². The topological polar surface area (TPSA) is 55.4 Å². The van der Waals surface area contributed by atoms with Gasteiger partial charge in [0.15, 0.2) is 0 Å². The fourth-order valence-corrected chi connectivity index (χ4v) is 1.13. The monoisotopic (exact) mass is 207 g/mol. The van der Waals surface area contributed by atoms with Gasteiger partial charge in [-0.15, -0.1) is 0 Å². The summed E-state index contributed by atoms with van der Waals surface area (Å²) in [6.45, 7) is 0.719. The van der Waals surface area contributed by atoms with E-state index < -0.39 is 0 Å². The predicted molar refractivity (Wildman–Crippen MR) is 54.9 cm³/mol. The molecule has 4 heteroatoms. The second-order valence-corrected chi connectivity index (χ2v) is 2.95. The molecule has 0 spiro atoms. The van der Waals surface area contributed by atoms with Gasteiger partial charge >= 0.3 is 0 Å². The zero-order chi connectivity index (χ0) is 11.1. The molecule has 15 heavy (non-hydrogen) atoms. The SMILES string of the molecule is COCC(C#N)=Cc1ccc(COC)o1. The molecule has 0 atom stereocenters. The van der Waals surface area contributed by atoms with Crippen molar-refractivity contribution in [2.45, 2.75) is 6.61 Å². The van der Waals surface area contributed by atoms with Crippen LogP contribution in [0.4, 0.5) is 0 Å². The molecular weight excluding hydrogens is 194 g/mol. The van der Waals surface area contributed by atoms with Crippen molar-refractivity contribution < 1.29 is 13.9 Å². The van der Waals surface area contributed by atoms with Crippen molar-refractivity contribution in [3.8, 4) is 6.07 Å². The standard InChI is InChI=1S/C11H13NO3/c1-13-7-9(6-12)5-10-3-4-11(15-10)8-14-2/h3-5H,7-8H2,1-2H3. The lowest BCUT2D eigenvalue weighted by atomic mass is 10.2. The first-order chi connectivity index (χ1) is 7.30. The molecule has 1 heterocycles. The first kappa shape index (κ1) is 11.5. The van der Waals surface area contributed by atoms with E-state index >= 15 is 0 Å². The molecule has 1 rings (SSSR count). The van der Waals surface area contributed by atoms with Crippen molar-refractivity contribution >= 4 is 6.08 Å². The average Bonchev–Trinajstić information content (AvgIpc) is 2.66. The van der Waals surface area contributed by atoms with Gasteiger partial charge in [-0.3, -0.25) is 0 Å². The van der Waals surface area contributed by atoms with Crippen LogP contribution in [0, 0.1) is 11.3 Å². The molecule has 0 amide bonds. The Bertz CT molecular complexity index is 373. The predicted octanol–water partition coefficient (Wildman–Crippen LogP) is 1.98. The number of hydrogen-bond acceptors (Lipinski definition) is 4. The Labute approximate surface area is 88.7 Å². The van der Waals surface area contributed by atoms with Gasteiger partial charge in [-0.2, -0.15) is 5.26 Å². The van der Waals surface area contributed by atoms with Gasteiger partial charge in [-0.25, -0.2) is 0 Å². The molecular formula is C11H13NO3. The van der Waals surface area contributed by atoms with E-state index in [1.54, 1.807) is 26.4 Å². The van der Waals surface area contributed by atoms with Crippen LogP contribution in [0.5, 0.6) is 0 Å². The zero-order valence-corrected chi connectivity index (χ0v) is 8.82. The third-order valence-corrected chi connectivity index (χ3v) is 1.73. The van der Waals surface area contributed by atoms with Gasteiger partial charge in [0.25, 0.3) is 0 Å². The van der Waals surface area contributed by atoms with Gasteiger partial charge in [0.1, 0.15) is 18.1 Å². The fourth-order valence-electron chi connectivity index (χ4n) is 1.13. The number of methoxy groups -OCH3 is 2. The van der Waals surface area contributed by atoms with Crippen LogP contribution in [0.1, 0.15) is 11.5 Å². The molecule has 0 unspecified atom stereocenters. The minimum atomic E-state index is 0.289. The molecule has 0 saturated heterocycles. The second kappa shape index (κ2) is 6.02. The van der Waals surface area contributed by atoms with E-state index in [2.05, 4.69) is 0 Å². The molecule has 0 N–H and O–H groups in total. The van der Waals surface area contributed by atoms with Gasteiger partial charge in [0.2, 0.25) is 0 Å². The summed E-state index contributed by atoms with van der Waals surface area (Å²) in [5, 5.41) is 8.76. The maximum atomic E-state index is 8.76. The quantitative estimate of drug-likeness (QED) is 0.693. The van der Waals surface area contributed by atoms with Crippen molar-refractivity contribution in [3.63, 3.8) is 0 Å². The Morgan fingerprint density at radius 1 is 1.47 bits per heavy atom. The zero-order valence-electron chi connectivity index (χ0n) is 8.82. The van der Waals surface area contributed by atoms with Crippen molar-refractivity contribution in [1.82, 2.24) is 0 Å². The lowest BCUT2D eigenvalue weighted by molar-refractivity contribution is 0.164. The van der Waals surface area contributed by atoms with Crippen LogP contribution in [0.15, 0.2) is 22.1 Å². The number of ether oxygens (including phenoxy) is 2. The Morgan fingerprint density at radius 2 is 2.27 bits per heavy atom. The molecule has 0 aliphatic carbocycles. The normalized spacial score (nSPS) is 11.4.